The van der Waals surface area contributed by atoms with Gasteiger partial charge in [0.05, 0.1) is 17.8 Å². The molecule has 27 heavy (non-hydrogen) atoms. The molecule has 0 aliphatic heterocycles. The number of carbonyl (C=O) groups is 1. The molecule has 0 fully saturated rings. The molecule has 0 spiro atoms. The lowest BCUT2D eigenvalue weighted by molar-refractivity contribution is -0.895. The number of carbonyl (C=O) groups excluding carboxylic acids is 1. The quantitative estimate of drug-likeness (QED) is 0.615. The first-order valence-corrected chi connectivity index (χ1v) is 9.14. The Hall–Kier alpha value is -2.55. The Morgan fingerprint density at radius 3 is 2.67 bits per heavy atom. The normalized spacial score (nSPS) is 12.0. The van der Waals surface area contributed by atoms with Gasteiger partial charge in [0.2, 0.25) is 4.77 Å². The zero-order valence-electron chi connectivity index (χ0n) is 15.0. The third kappa shape index (κ3) is 4.60. The third-order valence-electron chi connectivity index (χ3n) is 4.01. The number of aromatic nitrogens is 4. The molecule has 1 amide bonds. The molecule has 0 aliphatic rings. The fraction of sp³-hybridized carbons (Fsp3) is 0.222. The minimum absolute atomic E-state index is 0.127. The maximum Gasteiger partial charge on any atom is 0.279 e. The molecule has 0 aliphatic carbocycles. The van der Waals surface area contributed by atoms with E-state index in [0.717, 1.165) is 16.3 Å². The van der Waals surface area contributed by atoms with Crippen molar-refractivity contribution < 1.29 is 9.69 Å². The maximum absolute atomic E-state index is 12.3. The summed E-state index contributed by atoms with van der Waals surface area (Å²) in [7, 11) is 3.79. The number of rotatable bonds is 6. The summed E-state index contributed by atoms with van der Waals surface area (Å²) < 4.78 is 4.16. The van der Waals surface area contributed by atoms with Crippen LogP contribution < -0.4 is 10.2 Å². The van der Waals surface area contributed by atoms with Gasteiger partial charge in [-0.1, -0.05) is 23.7 Å². The van der Waals surface area contributed by atoms with Crippen LogP contribution in [0.2, 0.25) is 5.02 Å². The molecule has 3 rings (SSSR count). The summed E-state index contributed by atoms with van der Waals surface area (Å²) in [5.41, 5.74) is 1.54. The zero-order chi connectivity index (χ0) is 19.4. The smallest absolute Gasteiger partial charge is 0.279 e. The SMILES string of the molecule is Cn1c(-c2ccncc2)nn(C[NH+](C)CC(=O)Nc2ccccc2Cl)c1=S. The second kappa shape index (κ2) is 8.43. The fourth-order valence-corrected chi connectivity index (χ4v) is 3.06. The van der Waals surface area contributed by atoms with Crippen LogP contribution in [0.5, 0.6) is 0 Å². The number of halogens is 1. The first kappa shape index (κ1) is 19.2. The summed E-state index contributed by atoms with van der Waals surface area (Å²) in [6, 6.07) is 10.9. The summed E-state index contributed by atoms with van der Waals surface area (Å²) in [5.74, 6) is 0.633. The van der Waals surface area contributed by atoms with E-state index in [4.69, 9.17) is 23.8 Å². The van der Waals surface area contributed by atoms with Crippen molar-refractivity contribution in [3.8, 4) is 11.4 Å². The van der Waals surface area contributed by atoms with E-state index in [1.54, 1.807) is 29.2 Å². The molecule has 2 heterocycles. The van der Waals surface area contributed by atoms with Crippen LogP contribution in [-0.2, 0) is 18.5 Å². The molecular formula is C18H20ClN6OS+. The number of amides is 1. The second-order valence-corrected chi connectivity index (χ2v) is 6.99. The number of nitrogens with one attached hydrogen (secondary N) is 2. The van der Waals surface area contributed by atoms with Crippen LogP contribution in [0, 0.1) is 4.77 Å². The predicted octanol–water partition coefficient (Wildman–Crippen LogP) is 1.78. The van der Waals surface area contributed by atoms with Crippen LogP contribution in [0.15, 0.2) is 48.8 Å². The average Bonchev–Trinajstić information content (AvgIpc) is 2.92. The van der Waals surface area contributed by atoms with E-state index in [1.165, 1.54) is 0 Å². The first-order valence-electron chi connectivity index (χ1n) is 8.35. The number of anilines is 1. The van der Waals surface area contributed by atoms with Crippen molar-refractivity contribution >= 4 is 35.4 Å². The van der Waals surface area contributed by atoms with E-state index >= 15 is 0 Å². The van der Waals surface area contributed by atoms with Gasteiger partial charge < -0.3 is 14.8 Å². The number of pyridine rings is 1. The maximum atomic E-state index is 12.3. The number of para-hydroxylation sites is 1. The fourth-order valence-electron chi connectivity index (χ4n) is 2.69. The Balaban J connectivity index is 1.68. The van der Waals surface area contributed by atoms with Gasteiger partial charge in [0, 0.05) is 25.0 Å². The molecule has 0 saturated carbocycles. The van der Waals surface area contributed by atoms with Crippen LogP contribution in [0.25, 0.3) is 11.4 Å². The Morgan fingerprint density at radius 1 is 1.26 bits per heavy atom. The third-order valence-corrected chi connectivity index (χ3v) is 4.82. The van der Waals surface area contributed by atoms with Gasteiger partial charge in [-0.15, -0.1) is 5.10 Å². The van der Waals surface area contributed by atoms with Crippen molar-refractivity contribution in [3.63, 3.8) is 0 Å². The molecule has 2 aromatic heterocycles. The van der Waals surface area contributed by atoms with Gasteiger partial charge in [-0.3, -0.25) is 9.78 Å². The molecule has 0 saturated heterocycles. The number of likely N-dealkylation sites (N-methyl/N-ethyl adjacent to an activating group) is 1. The van der Waals surface area contributed by atoms with Crippen LogP contribution in [0.1, 0.15) is 0 Å². The number of nitrogens with zero attached hydrogens (tertiary/aromatic N) is 4. The summed E-state index contributed by atoms with van der Waals surface area (Å²) >= 11 is 11.6. The van der Waals surface area contributed by atoms with Crippen LogP contribution in [-0.4, -0.2) is 38.8 Å². The highest BCUT2D eigenvalue weighted by Gasteiger charge is 2.15. The summed E-state index contributed by atoms with van der Waals surface area (Å²) in [6.07, 6.45) is 3.43. The molecule has 0 radical (unpaired) electrons. The van der Waals surface area contributed by atoms with E-state index in [1.807, 2.05) is 42.9 Å². The highest BCUT2D eigenvalue weighted by Crippen LogP contribution is 2.20. The lowest BCUT2D eigenvalue weighted by atomic mass is 10.2. The van der Waals surface area contributed by atoms with E-state index < -0.39 is 0 Å². The molecule has 1 aromatic carbocycles. The molecule has 1 unspecified atom stereocenters. The molecule has 3 aromatic rings. The van der Waals surface area contributed by atoms with E-state index in [-0.39, 0.29) is 12.5 Å². The standard InChI is InChI=1S/C18H19ClN6OS/c1-23(11-16(26)21-15-6-4-3-5-14(15)19)12-25-18(27)24(2)17(22-25)13-7-9-20-10-8-13/h3-10H,11-12H2,1-2H3,(H,21,26)/p+1. The van der Waals surface area contributed by atoms with Gasteiger partial charge in [-0.25, -0.2) is 0 Å². The number of hydrogen-bond acceptors (Lipinski definition) is 4. The van der Waals surface area contributed by atoms with Gasteiger partial charge in [0.15, 0.2) is 19.0 Å². The predicted molar refractivity (Wildman–Crippen MR) is 107 cm³/mol. The molecular weight excluding hydrogens is 384 g/mol. The van der Waals surface area contributed by atoms with Gasteiger partial charge in [-0.05, 0) is 36.5 Å². The Kier molecular flexibility index (Phi) is 6.00. The van der Waals surface area contributed by atoms with E-state index in [9.17, 15) is 4.79 Å². The Bertz CT molecular complexity index is 1000. The molecule has 1 atom stereocenters. The Labute approximate surface area is 167 Å². The second-order valence-electron chi connectivity index (χ2n) is 6.22. The van der Waals surface area contributed by atoms with Crippen LogP contribution >= 0.6 is 23.8 Å². The van der Waals surface area contributed by atoms with Crippen molar-refractivity contribution in [2.45, 2.75) is 6.67 Å². The van der Waals surface area contributed by atoms with Crippen molar-refractivity contribution in [1.29, 1.82) is 0 Å². The first-order chi connectivity index (χ1) is 13.0. The lowest BCUT2D eigenvalue weighted by Gasteiger charge is -2.14. The zero-order valence-corrected chi connectivity index (χ0v) is 16.6. The van der Waals surface area contributed by atoms with Gasteiger partial charge >= 0.3 is 0 Å². The highest BCUT2D eigenvalue weighted by atomic mass is 35.5. The van der Waals surface area contributed by atoms with Crippen LogP contribution in [0.3, 0.4) is 0 Å². The summed E-state index contributed by atoms with van der Waals surface area (Å²) in [4.78, 5) is 17.2. The van der Waals surface area contributed by atoms with Gasteiger partial charge in [0.25, 0.3) is 5.91 Å². The number of quaternary nitrogens is 1. The molecule has 2 N–H and O–H groups in total. The van der Waals surface area contributed by atoms with Crippen molar-refractivity contribution in [1.82, 2.24) is 19.3 Å². The van der Waals surface area contributed by atoms with Crippen molar-refractivity contribution in [3.05, 3.63) is 58.6 Å². The van der Waals surface area contributed by atoms with Gasteiger partial charge in [0.1, 0.15) is 0 Å². The summed E-state index contributed by atoms with van der Waals surface area (Å²) in [6.45, 7) is 0.724. The Morgan fingerprint density at radius 2 is 1.96 bits per heavy atom. The van der Waals surface area contributed by atoms with Gasteiger partial charge in [-0.2, -0.15) is 4.68 Å². The number of benzene rings is 1. The lowest BCUT2D eigenvalue weighted by Crippen LogP contribution is -3.09. The van der Waals surface area contributed by atoms with Crippen molar-refractivity contribution in [2.75, 3.05) is 18.9 Å². The average molecular weight is 404 g/mol. The minimum atomic E-state index is -0.127. The molecule has 9 heteroatoms. The number of hydrogen-bond donors (Lipinski definition) is 2. The van der Waals surface area contributed by atoms with Crippen molar-refractivity contribution in [2.24, 2.45) is 7.05 Å². The topological polar surface area (TPSA) is 69.2 Å². The molecule has 7 nitrogen and oxygen atoms in total. The molecule has 140 valence electrons. The van der Waals surface area contributed by atoms with E-state index in [2.05, 4.69) is 15.4 Å². The highest BCUT2D eigenvalue weighted by molar-refractivity contribution is 7.71. The summed E-state index contributed by atoms with van der Waals surface area (Å²) in [5, 5.41) is 7.93. The largest absolute Gasteiger partial charge is 0.320 e. The minimum Gasteiger partial charge on any atom is -0.320 e. The van der Waals surface area contributed by atoms with Crippen LogP contribution in [0.4, 0.5) is 5.69 Å². The molecule has 0 bridgehead atoms. The monoisotopic (exact) mass is 403 g/mol. The van der Waals surface area contributed by atoms with E-state index in [0.29, 0.717) is 22.1 Å².